The van der Waals surface area contributed by atoms with Crippen molar-refractivity contribution >= 4 is 35.3 Å². The van der Waals surface area contributed by atoms with Gasteiger partial charge in [-0.05, 0) is 42.7 Å². The Morgan fingerprint density at radius 3 is 2.86 bits per heavy atom. The molecule has 35 heavy (non-hydrogen) atoms. The Balaban J connectivity index is 1.27. The van der Waals surface area contributed by atoms with E-state index in [1.165, 1.54) is 4.90 Å². The number of halogens is 1. The van der Waals surface area contributed by atoms with Crippen molar-refractivity contribution in [3.05, 3.63) is 57.6 Å². The van der Waals surface area contributed by atoms with Gasteiger partial charge in [0.05, 0.1) is 7.11 Å². The highest BCUT2D eigenvalue weighted by molar-refractivity contribution is 6.31. The second-order valence-electron chi connectivity index (χ2n) is 8.45. The van der Waals surface area contributed by atoms with Gasteiger partial charge in [-0.3, -0.25) is 19.7 Å². The van der Waals surface area contributed by atoms with E-state index in [0.29, 0.717) is 47.2 Å². The van der Waals surface area contributed by atoms with Crippen LogP contribution < -0.4 is 15.4 Å². The number of aromatic nitrogens is 2. The number of carbonyl (C=O) groups is 3. The summed E-state index contributed by atoms with van der Waals surface area (Å²) in [6, 6.07) is 8.63. The summed E-state index contributed by atoms with van der Waals surface area (Å²) in [5.74, 6) is 0.0577. The van der Waals surface area contributed by atoms with E-state index < -0.39 is 11.9 Å². The maximum absolute atomic E-state index is 12.8. The highest BCUT2D eigenvalue weighted by atomic mass is 35.5. The average molecular weight is 496 g/mol. The first-order valence-electron chi connectivity index (χ1n) is 11.0. The van der Waals surface area contributed by atoms with Gasteiger partial charge in [0.2, 0.25) is 17.6 Å². The summed E-state index contributed by atoms with van der Waals surface area (Å²) >= 11 is 6.28. The maximum Gasteiger partial charge on any atom is 0.322 e. The first kappa shape index (κ1) is 22.9. The van der Waals surface area contributed by atoms with Crippen LogP contribution >= 0.6 is 11.6 Å². The summed E-state index contributed by atoms with van der Waals surface area (Å²) in [7, 11) is 1.57. The van der Waals surface area contributed by atoms with Crippen LogP contribution in [0.3, 0.4) is 0 Å². The number of ether oxygens (including phenoxy) is 1. The number of piperidine rings is 1. The van der Waals surface area contributed by atoms with Crippen LogP contribution in [0.1, 0.15) is 39.9 Å². The standard InChI is InChI=1S/C24H22ClN5O5/c1-12-17(25)8-14(9-19(12)34-2)21-28-24(35-29-21)26-10-13-3-4-16-15(7-13)11-30(23(16)33)18-5-6-20(31)27-22(18)32/h3-4,7-9,18H,5-6,10-11H2,1-2H3,(H,26,28,29)(H,27,31,32). The Bertz CT molecular complexity index is 1350. The van der Waals surface area contributed by atoms with Crippen LogP contribution in [0.2, 0.25) is 5.02 Å². The number of nitrogens with zero attached hydrogens (tertiary/aromatic N) is 3. The fourth-order valence-corrected chi connectivity index (χ4v) is 4.53. The molecule has 180 valence electrons. The van der Waals surface area contributed by atoms with Crippen LogP contribution in [0, 0.1) is 6.92 Å². The minimum absolute atomic E-state index is 0.206. The zero-order valence-corrected chi connectivity index (χ0v) is 19.8. The maximum atomic E-state index is 12.8. The SMILES string of the molecule is COc1cc(-c2noc(NCc3ccc4c(c3)CN(C3CCC(=O)NC3=O)C4=O)n2)cc(Cl)c1C. The molecule has 0 spiro atoms. The molecular formula is C24H22ClN5O5. The van der Waals surface area contributed by atoms with Crippen molar-refractivity contribution in [3.63, 3.8) is 0 Å². The van der Waals surface area contributed by atoms with E-state index in [1.807, 2.05) is 19.1 Å². The minimum atomic E-state index is -0.639. The normalized spacial score (nSPS) is 17.4. The number of methoxy groups -OCH3 is 1. The molecule has 10 nitrogen and oxygen atoms in total. The van der Waals surface area contributed by atoms with Crippen LogP contribution in [0.4, 0.5) is 6.01 Å². The highest BCUT2D eigenvalue weighted by Gasteiger charge is 2.39. The zero-order valence-electron chi connectivity index (χ0n) is 19.1. The molecular weight excluding hydrogens is 474 g/mol. The van der Waals surface area contributed by atoms with Gasteiger partial charge in [0.1, 0.15) is 11.8 Å². The van der Waals surface area contributed by atoms with Crippen LogP contribution in [-0.2, 0) is 22.7 Å². The van der Waals surface area contributed by atoms with E-state index in [1.54, 1.807) is 25.3 Å². The third kappa shape index (κ3) is 4.32. The number of hydrogen-bond acceptors (Lipinski definition) is 8. The highest BCUT2D eigenvalue weighted by Crippen LogP contribution is 2.32. The lowest BCUT2D eigenvalue weighted by Crippen LogP contribution is -2.52. The monoisotopic (exact) mass is 495 g/mol. The third-order valence-electron chi connectivity index (χ3n) is 6.23. The fourth-order valence-electron chi connectivity index (χ4n) is 4.32. The smallest absolute Gasteiger partial charge is 0.322 e. The molecule has 2 aromatic carbocycles. The van der Waals surface area contributed by atoms with Crippen molar-refractivity contribution in [3.8, 4) is 17.1 Å². The summed E-state index contributed by atoms with van der Waals surface area (Å²) in [5, 5.41) is 9.95. The first-order chi connectivity index (χ1) is 16.8. The second kappa shape index (κ2) is 9.03. The molecule has 0 bridgehead atoms. The van der Waals surface area contributed by atoms with E-state index >= 15 is 0 Å². The molecule has 3 heterocycles. The number of imide groups is 1. The topological polar surface area (TPSA) is 127 Å². The molecule has 1 unspecified atom stereocenters. The molecule has 1 saturated heterocycles. The summed E-state index contributed by atoms with van der Waals surface area (Å²) in [6.45, 7) is 2.57. The largest absolute Gasteiger partial charge is 0.496 e. The van der Waals surface area contributed by atoms with E-state index in [0.717, 1.165) is 16.7 Å². The number of anilines is 1. The van der Waals surface area contributed by atoms with E-state index in [-0.39, 0.29) is 24.2 Å². The molecule has 2 aliphatic heterocycles. The number of hydrogen-bond donors (Lipinski definition) is 2. The predicted molar refractivity (Wildman–Crippen MR) is 126 cm³/mol. The van der Waals surface area contributed by atoms with Gasteiger partial charge < -0.3 is 19.5 Å². The fraction of sp³-hybridized carbons (Fsp3) is 0.292. The molecule has 0 saturated carbocycles. The molecule has 1 aromatic heterocycles. The molecule has 11 heteroatoms. The molecule has 1 fully saturated rings. The Labute approximate surface area is 205 Å². The molecule has 1 atom stereocenters. The molecule has 2 N–H and O–H groups in total. The van der Waals surface area contributed by atoms with Gasteiger partial charge in [0.15, 0.2) is 0 Å². The Morgan fingerprint density at radius 2 is 2.09 bits per heavy atom. The summed E-state index contributed by atoms with van der Waals surface area (Å²) < 4.78 is 10.7. The summed E-state index contributed by atoms with van der Waals surface area (Å²) in [6.07, 6.45) is 0.551. The lowest BCUT2D eigenvalue weighted by molar-refractivity contribution is -0.136. The molecule has 3 aromatic rings. The summed E-state index contributed by atoms with van der Waals surface area (Å²) in [4.78, 5) is 42.4. The number of amides is 3. The van der Waals surface area contributed by atoms with Gasteiger partial charge in [-0.2, -0.15) is 4.98 Å². The van der Waals surface area contributed by atoms with Crippen LogP contribution in [-0.4, -0.2) is 45.9 Å². The van der Waals surface area contributed by atoms with Crippen LogP contribution in [0.5, 0.6) is 5.75 Å². The van der Waals surface area contributed by atoms with Gasteiger partial charge >= 0.3 is 6.01 Å². The van der Waals surface area contributed by atoms with Crippen molar-refractivity contribution < 1.29 is 23.6 Å². The molecule has 5 rings (SSSR count). The number of nitrogens with one attached hydrogen (secondary N) is 2. The lowest BCUT2D eigenvalue weighted by atomic mass is 10.0. The Kier molecular flexibility index (Phi) is 5.89. The molecule has 0 radical (unpaired) electrons. The molecule has 2 aliphatic rings. The third-order valence-corrected chi connectivity index (χ3v) is 6.63. The number of fused-ring (bicyclic) bond motifs is 1. The van der Waals surface area contributed by atoms with Gasteiger partial charge in [0.25, 0.3) is 5.91 Å². The van der Waals surface area contributed by atoms with Crippen LogP contribution in [0.25, 0.3) is 11.4 Å². The zero-order chi connectivity index (χ0) is 24.7. The van der Waals surface area contributed by atoms with Crippen molar-refractivity contribution in [1.29, 1.82) is 0 Å². The first-order valence-corrected chi connectivity index (χ1v) is 11.4. The van der Waals surface area contributed by atoms with Crippen LogP contribution in [0.15, 0.2) is 34.9 Å². The lowest BCUT2D eigenvalue weighted by Gasteiger charge is -2.29. The average Bonchev–Trinajstić information content (AvgIpc) is 3.44. The van der Waals surface area contributed by atoms with Gasteiger partial charge in [-0.1, -0.05) is 28.9 Å². The molecule has 3 amide bonds. The Morgan fingerprint density at radius 1 is 1.26 bits per heavy atom. The van der Waals surface area contributed by atoms with E-state index in [9.17, 15) is 14.4 Å². The van der Waals surface area contributed by atoms with Gasteiger partial charge in [0, 0.05) is 41.2 Å². The van der Waals surface area contributed by atoms with Gasteiger partial charge in [-0.25, -0.2) is 0 Å². The van der Waals surface area contributed by atoms with Crippen molar-refractivity contribution in [2.45, 2.75) is 38.9 Å². The minimum Gasteiger partial charge on any atom is -0.496 e. The van der Waals surface area contributed by atoms with Crippen molar-refractivity contribution in [2.24, 2.45) is 0 Å². The number of benzene rings is 2. The second-order valence-corrected chi connectivity index (χ2v) is 8.86. The Hall–Kier alpha value is -3.92. The number of carbonyl (C=O) groups excluding carboxylic acids is 3. The van der Waals surface area contributed by atoms with Gasteiger partial charge in [-0.15, -0.1) is 0 Å². The number of rotatable bonds is 6. The van der Waals surface area contributed by atoms with Crippen molar-refractivity contribution in [1.82, 2.24) is 20.4 Å². The van der Waals surface area contributed by atoms with E-state index in [4.69, 9.17) is 20.9 Å². The predicted octanol–water partition coefficient (Wildman–Crippen LogP) is 3.08. The quantitative estimate of drug-likeness (QED) is 0.499. The van der Waals surface area contributed by atoms with Crippen molar-refractivity contribution in [2.75, 3.05) is 12.4 Å². The van der Waals surface area contributed by atoms with E-state index in [2.05, 4.69) is 20.8 Å². The molecule has 0 aliphatic carbocycles. The summed E-state index contributed by atoms with van der Waals surface area (Å²) in [5.41, 5.74) is 3.78.